The van der Waals surface area contributed by atoms with Crippen molar-refractivity contribution in [2.45, 2.75) is 13.5 Å². The predicted octanol–water partition coefficient (Wildman–Crippen LogP) is 5.73. The second-order valence-electron chi connectivity index (χ2n) is 6.69. The van der Waals surface area contributed by atoms with Gasteiger partial charge in [0.2, 0.25) is 0 Å². The van der Waals surface area contributed by atoms with Crippen molar-refractivity contribution in [1.82, 2.24) is 0 Å². The van der Waals surface area contributed by atoms with Crippen LogP contribution in [0.15, 0.2) is 42.5 Å². The van der Waals surface area contributed by atoms with Gasteiger partial charge in [0.1, 0.15) is 17.9 Å². The van der Waals surface area contributed by atoms with E-state index in [-0.39, 0.29) is 23.1 Å². The van der Waals surface area contributed by atoms with Gasteiger partial charge >= 0.3 is 5.97 Å². The molecule has 3 aromatic carbocycles. The first-order valence-corrected chi connectivity index (χ1v) is 9.36. The maximum absolute atomic E-state index is 14.1. The Morgan fingerprint density at radius 3 is 2.22 bits per heavy atom. The number of benzene rings is 3. The van der Waals surface area contributed by atoms with Crippen molar-refractivity contribution in [3.63, 3.8) is 0 Å². The van der Waals surface area contributed by atoms with Gasteiger partial charge in [-0.15, -0.1) is 0 Å². The third-order valence-corrected chi connectivity index (χ3v) is 4.67. The molecule has 0 fully saturated rings. The van der Waals surface area contributed by atoms with Crippen molar-refractivity contribution in [3.05, 3.63) is 93.0 Å². The summed E-state index contributed by atoms with van der Waals surface area (Å²) in [5.74, 6) is -12.4. The van der Waals surface area contributed by atoms with Crippen LogP contribution in [-0.2, 0) is 6.61 Å². The number of carboxylic acids is 1. The molecule has 0 radical (unpaired) electrons. The molecule has 0 unspecified atom stereocenters. The Morgan fingerprint density at radius 1 is 0.969 bits per heavy atom. The van der Waals surface area contributed by atoms with Crippen LogP contribution in [0.5, 0.6) is 5.75 Å². The lowest BCUT2D eigenvalue weighted by Crippen LogP contribution is -2.22. The maximum Gasteiger partial charge on any atom is 0.339 e. The third-order valence-electron chi connectivity index (χ3n) is 4.37. The molecular formula is C22H14ClF4NO4. The smallest absolute Gasteiger partial charge is 0.339 e. The number of rotatable bonds is 6. The molecule has 0 spiro atoms. The fraction of sp³-hybridized carbons (Fsp3) is 0.0909. The molecular weight excluding hydrogens is 454 g/mol. The monoisotopic (exact) mass is 467 g/mol. The van der Waals surface area contributed by atoms with Gasteiger partial charge in [0.15, 0.2) is 23.3 Å². The highest BCUT2D eigenvalue weighted by Gasteiger charge is 2.32. The summed E-state index contributed by atoms with van der Waals surface area (Å²) in [5, 5.41) is 11.2. The normalized spacial score (nSPS) is 10.7. The van der Waals surface area contributed by atoms with E-state index in [2.05, 4.69) is 5.32 Å². The summed E-state index contributed by atoms with van der Waals surface area (Å²) in [6, 6.07) is 11.4. The van der Waals surface area contributed by atoms with Crippen molar-refractivity contribution >= 4 is 29.2 Å². The number of hydrogen-bond donors (Lipinski definition) is 2. The van der Waals surface area contributed by atoms with E-state index < -0.39 is 46.3 Å². The first kappa shape index (κ1) is 23.1. The van der Waals surface area contributed by atoms with E-state index >= 15 is 0 Å². The number of carboxylic acid groups (broad SMARTS) is 1. The van der Waals surface area contributed by atoms with Crippen LogP contribution in [0.3, 0.4) is 0 Å². The van der Waals surface area contributed by atoms with Crippen molar-refractivity contribution < 1.29 is 37.0 Å². The zero-order valence-corrected chi connectivity index (χ0v) is 17.1. The molecule has 2 N–H and O–H groups in total. The average Bonchev–Trinajstić information content (AvgIpc) is 2.73. The van der Waals surface area contributed by atoms with Gasteiger partial charge in [-0.1, -0.05) is 41.4 Å². The minimum Gasteiger partial charge on any atom is -0.487 e. The summed E-state index contributed by atoms with van der Waals surface area (Å²) in [5.41, 5.74) is -1.26. The Bertz CT molecular complexity index is 1230. The topological polar surface area (TPSA) is 75.6 Å². The van der Waals surface area contributed by atoms with Gasteiger partial charge in [-0.05, 0) is 30.7 Å². The molecule has 1 amide bonds. The van der Waals surface area contributed by atoms with Crippen molar-refractivity contribution in [2.75, 3.05) is 5.32 Å². The third kappa shape index (κ3) is 4.67. The average molecular weight is 468 g/mol. The minimum atomic E-state index is -2.34. The zero-order valence-electron chi connectivity index (χ0n) is 16.3. The van der Waals surface area contributed by atoms with E-state index in [4.69, 9.17) is 21.4 Å². The fourth-order valence-electron chi connectivity index (χ4n) is 2.90. The Kier molecular flexibility index (Phi) is 6.69. The lowest BCUT2D eigenvalue weighted by Gasteiger charge is -2.13. The van der Waals surface area contributed by atoms with Gasteiger partial charge in [0.25, 0.3) is 5.91 Å². The molecule has 0 saturated heterocycles. The zero-order chi connectivity index (χ0) is 23.6. The quantitative estimate of drug-likeness (QED) is 0.275. The van der Waals surface area contributed by atoms with E-state index in [0.29, 0.717) is 0 Å². The van der Waals surface area contributed by atoms with Crippen LogP contribution in [-0.4, -0.2) is 17.0 Å². The second-order valence-corrected chi connectivity index (χ2v) is 7.10. The molecule has 32 heavy (non-hydrogen) atoms. The highest BCUT2D eigenvalue weighted by atomic mass is 35.5. The van der Waals surface area contributed by atoms with Crippen molar-refractivity contribution in [2.24, 2.45) is 0 Å². The molecule has 0 aromatic heterocycles. The molecule has 0 bridgehead atoms. The predicted molar refractivity (Wildman–Crippen MR) is 108 cm³/mol. The van der Waals surface area contributed by atoms with E-state index in [1.165, 1.54) is 18.2 Å². The second kappa shape index (κ2) is 9.27. The first-order valence-electron chi connectivity index (χ1n) is 8.98. The molecule has 0 aliphatic heterocycles. The van der Waals surface area contributed by atoms with Gasteiger partial charge in [0, 0.05) is 5.69 Å². The fourth-order valence-corrected chi connectivity index (χ4v) is 3.13. The van der Waals surface area contributed by atoms with Crippen LogP contribution in [0, 0.1) is 30.2 Å². The summed E-state index contributed by atoms with van der Waals surface area (Å²) < 4.78 is 60.5. The number of carbonyl (C=O) groups excluding carboxylic acids is 1. The molecule has 0 atom stereocenters. The Labute approximate surface area is 184 Å². The molecule has 0 heterocycles. The number of halogens is 5. The SMILES string of the molecule is Cc1cccc(COc2ccc(NC(=O)c3c(F)c(F)c(F)c(F)c3C(=O)O)cc2Cl)c1. The number of amides is 1. The number of carbonyl (C=O) groups is 2. The van der Waals surface area contributed by atoms with Crippen LogP contribution in [0.4, 0.5) is 23.2 Å². The molecule has 3 rings (SSSR count). The van der Waals surface area contributed by atoms with Crippen LogP contribution in [0.2, 0.25) is 5.02 Å². The summed E-state index contributed by atoms with van der Waals surface area (Å²) in [4.78, 5) is 23.6. The highest BCUT2D eigenvalue weighted by molar-refractivity contribution is 6.32. The largest absolute Gasteiger partial charge is 0.487 e. The van der Waals surface area contributed by atoms with Gasteiger partial charge in [0.05, 0.1) is 10.6 Å². The van der Waals surface area contributed by atoms with E-state index in [0.717, 1.165) is 11.1 Å². The highest BCUT2D eigenvalue weighted by Crippen LogP contribution is 2.30. The van der Waals surface area contributed by atoms with Crippen LogP contribution in [0.1, 0.15) is 31.8 Å². The lowest BCUT2D eigenvalue weighted by atomic mass is 10.0. The number of aromatic carboxylic acids is 1. The number of anilines is 1. The van der Waals surface area contributed by atoms with Gasteiger partial charge in [-0.25, -0.2) is 22.4 Å². The summed E-state index contributed by atoms with van der Waals surface area (Å²) in [6.45, 7) is 2.12. The van der Waals surface area contributed by atoms with Crippen LogP contribution < -0.4 is 10.1 Å². The van der Waals surface area contributed by atoms with E-state index in [1.54, 1.807) is 0 Å². The first-order chi connectivity index (χ1) is 15.1. The number of aryl methyl sites for hydroxylation is 1. The van der Waals surface area contributed by atoms with Gasteiger partial charge in [-0.3, -0.25) is 4.79 Å². The standard InChI is InChI=1S/C22H14ClF4NO4/c1-10-3-2-4-11(7-10)9-32-14-6-5-12(8-13(14)23)28-21(29)15-16(22(30)31)18(25)20(27)19(26)17(15)24/h2-8H,9H2,1H3,(H,28,29)(H,30,31). The Balaban J connectivity index is 1.83. The van der Waals surface area contributed by atoms with Crippen molar-refractivity contribution in [3.8, 4) is 5.75 Å². The van der Waals surface area contributed by atoms with Crippen molar-refractivity contribution in [1.29, 1.82) is 0 Å². The molecule has 0 aliphatic rings. The van der Waals surface area contributed by atoms with Gasteiger partial charge < -0.3 is 15.2 Å². The number of ether oxygens (including phenoxy) is 1. The molecule has 10 heteroatoms. The maximum atomic E-state index is 14.1. The van der Waals surface area contributed by atoms with E-state index in [1.807, 2.05) is 31.2 Å². The summed E-state index contributed by atoms with van der Waals surface area (Å²) in [6.07, 6.45) is 0. The molecule has 0 saturated carbocycles. The molecule has 5 nitrogen and oxygen atoms in total. The summed E-state index contributed by atoms with van der Waals surface area (Å²) in [7, 11) is 0. The Morgan fingerprint density at radius 2 is 1.62 bits per heavy atom. The van der Waals surface area contributed by atoms with Crippen LogP contribution >= 0.6 is 11.6 Å². The van der Waals surface area contributed by atoms with Gasteiger partial charge in [-0.2, -0.15) is 0 Å². The van der Waals surface area contributed by atoms with Crippen LogP contribution in [0.25, 0.3) is 0 Å². The molecule has 3 aromatic rings. The van der Waals surface area contributed by atoms with E-state index in [9.17, 15) is 27.2 Å². The molecule has 166 valence electrons. The molecule has 0 aliphatic carbocycles. The number of nitrogens with one attached hydrogen (secondary N) is 1. The lowest BCUT2D eigenvalue weighted by molar-refractivity contribution is 0.0684. The number of hydrogen-bond acceptors (Lipinski definition) is 3. The summed E-state index contributed by atoms with van der Waals surface area (Å²) >= 11 is 6.13. The Hall–Kier alpha value is -3.59. The minimum absolute atomic E-state index is 0.0471.